The SMILES string of the molecule is CCCCCCCCCCS.CCCCCCCCCCS[C@H]1CC[C@]2(CO2)[C@@H]([C@@]2(C)O[C@@H]2CC=C(C)C)[C@@H]1OC.CCCCCCCCCCS[C@H]1CC[C@]2(CO2)[C@@H]([C@@]2(C)O[C@@H]2CC=C(C)C)[C@@H]1OC.CO[C@@H]1[C@H](OC)CC[C@]2(CO2)[C@H]1[C@@]1(C)O[C@@H]1CC=C(C)C. The van der Waals surface area contributed by atoms with Crippen LogP contribution in [-0.4, -0.2) is 152 Å². The maximum absolute atomic E-state index is 6.33. The highest BCUT2D eigenvalue weighted by atomic mass is 32.2. The number of thiol groups is 1. The van der Waals surface area contributed by atoms with Crippen LogP contribution < -0.4 is 0 Å². The molecule has 9 fully saturated rings. The van der Waals surface area contributed by atoms with E-state index < -0.39 is 0 Å². The van der Waals surface area contributed by atoms with Crippen molar-refractivity contribution in [3.8, 4) is 0 Å². The number of hydrogen-bond acceptors (Lipinski definition) is 13. The molecule has 10 nitrogen and oxygen atoms in total. The molecule has 9 rings (SSSR count). The monoisotopic (exact) mass is 1350 g/mol. The summed E-state index contributed by atoms with van der Waals surface area (Å²) >= 11 is 8.48. The van der Waals surface area contributed by atoms with Crippen LogP contribution >= 0.6 is 36.2 Å². The molecule has 18 atom stereocenters. The summed E-state index contributed by atoms with van der Waals surface area (Å²) in [5.41, 5.74) is 3.74. The summed E-state index contributed by atoms with van der Waals surface area (Å²) < 4.78 is 60.7. The van der Waals surface area contributed by atoms with E-state index in [9.17, 15) is 0 Å². The number of thioether (sulfide) groups is 2. The molecule has 0 aromatic carbocycles. The highest BCUT2D eigenvalue weighted by Crippen LogP contribution is 2.63. The lowest BCUT2D eigenvalue weighted by molar-refractivity contribution is -0.128. The molecule has 9 aliphatic rings. The lowest BCUT2D eigenvalue weighted by atomic mass is 9.68. The number of rotatable bonds is 41. The minimum absolute atomic E-state index is 0.0186. The average molecular weight is 1350 g/mol. The van der Waals surface area contributed by atoms with Crippen LogP contribution in [0.1, 0.15) is 295 Å². The Balaban J connectivity index is 0.000000205. The number of methoxy groups -OCH3 is 4. The molecule has 13 heteroatoms. The van der Waals surface area contributed by atoms with Crippen LogP contribution in [0.15, 0.2) is 34.9 Å². The van der Waals surface area contributed by atoms with E-state index in [2.05, 4.69) is 137 Å². The summed E-state index contributed by atoms with van der Waals surface area (Å²) in [7, 11) is 7.36. The van der Waals surface area contributed by atoms with E-state index in [-0.39, 0.29) is 70.0 Å². The largest absolute Gasteiger partial charge is 0.380 e. The Kier molecular flexibility index (Phi) is 35.5. The standard InChI is InChI=1S/2C26H46O3S.C17H28O4.C10H22S/c2*1-6-7-8-9-10-11-12-13-18-30-21-16-17-26(19-28-26)24(23(21)27-5)25(4)22(29-25)15-14-20(2)3;1-11(2)6-7-13-16(3,21-13)15-14(19-5)12(18-4)8-9-17(15)10-20-17;1-2-3-4-5-6-7-8-9-10-11/h2*14,21-24H,6-13,15-19H2,1-5H3;6,12-15H,7-10H2,1-5H3;11H,2-10H2,1H3/t2*21-,22+,23+,24+,25-,26-;12-,13-,14-,15-,16+,17+;/m001./s1. The van der Waals surface area contributed by atoms with Crippen LogP contribution in [0.4, 0.5) is 0 Å². The van der Waals surface area contributed by atoms with Gasteiger partial charge in [0.25, 0.3) is 0 Å². The Morgan fingerprint density at radius 2 is 0.685 bits per heavy atom. The summed E-state index contributed by atoms with van der Waals surface area (Å²) in [6, 6.07) is 0. The average Bonchev–Trinajstić information content (AvgIpc) is 1.55. The molecule has 3 saturated carbocycles. The van der Waals surface area contributed by atoms with Crippen molar-refractivity contribution in [1.82, 2.24) is 0 Å². The topological polar surface area (TPSA) is 112 Å². The fraction of sp³-hybridized carbons (Fsp3) is 0.924. The first-order valence-electron chi connectivity index (χ1n) is 38.1. The second-order valence-corrected chi connectivity index (χ2v) is 34.0. The molecular weight excluding hydrogens is 1210 g/mol. The number of ether oxygens (including phenoxy) is 10. The van der Waals surface area contributed by atoms with Gasteiger partial charge in [0.2, 0.25) is 0 Å². The fourth-order valence-corrected chi connectivity index (χ4v) is 19.7. The van der Waals surface area contributed by atoms with E-state index in [1.165, 1.54) is 208 Å². The van der Waals surface area contributed by atoms with Gasteiger partial charge in [-0.25, -0.2) is 0 Å². The molecule has 0 aromatic heterocycles. The second kappa shape index (κ2) is 40.3. The van der Waals surface area contributed by atoms with Crippen molar-refractivity contribution in [2.24, 2.45) is 17.8 Å². The number of hydrogen-bond donors (Lipinski definition) is 1. The normalized spacial score (nSPS) is 36.6. The van der Waals surface area contributed by atoms with Gasteiger partial charge in [-0.1, -0.05) is 191 Å². The van der Waals surface area contributed by atoms with Crippen molar-refractivity contribution in [3.63, 3.8) is 0 Å². The molecule has 0 amide bonds. The van der Waals surface area contributed by atoms with E-state index in [1.54, 1.807) is 14.2 Å². The summed E-state index contributed by atoms with van der Waals surface area (Å²) in [6.07, 6.45) is 51.7. The van der Waals surface area contributed by atoms with Gasteiger partial charge in [-0.2, -0.15) is 36.2 Å². The quantitative estimate of drug-likeness (QED) is 0.0272. The van der Waals surface area contributed by atoms with Crippen molar-refractivity contribution in [2.45, 2.75) is 382 Å². The second-order valence-electron chi connectivity index (χ2n) is 30.9. The molecule has 536 valence electrons. The first-order valence-corrected chi connectivity index (χ1v) is 40.8. The lowest BCUT2D eigenvalue weighted by Crippen LogP contribution is -2.55. The molecule has 0 aromatic rings. The van der Waals surface area contributed by atoms with Crippen LogP contribution in [0.25, 0.3) is 0 Å². The molecule has 6 aliphatic heterocycles. The van der Waals surface area contributed by atoms with Gasteiger partial charge in [-0.3, -0.25) is 0 Å². The van der Waals surface area contributed by atoms with Gasteiger partial charge >= 0.3 is 0 Å². The molecule has 3 aliphatic carbocycles. The number of epoxide rings is 6. The van der Waals surface area contributed by atoms with Crippen molar-refractivity contribution >= 4 is 36.2 Å². The summed E-state index contributed by atoms with van der Waals surface area (Å²) in [5, 5.41) is 1.15. The molecule has 92 heavy (non-hydrogen) atoms. The van der Waals surface area contributed by atoms with Gasteiger partial charge in [0.15, 0.2) is 0 Å². The predicted octanol–water partition coefficient (Wildman–Crippen LogP) is 20.6. The van der Waals surface area contributed by atoms with Crippen LogP contribution in [0.3, 0.4) is 0 Å². The summed E-state index contributed by atoms with van der Waals surface area (Å²) in [4.78, 5) is 0. The highest BCUT2D eigenvalue weighted by molar-refractivity contribution is 8.00. The predicted molar refractivity (Wildman–Crippen MR) is 394 cm³/mol. The smallest absolute Gasteiger partial charge is 0.101 e. The van der Waals surface area contributed by atoms with Gasteiger partial charge in [0.05, 0.1) is 85.3 Å². The van der Waals surface area contributed by atoms with Crippen molar-refractivity contribution < 1.29 is 47.4 Å². The minimum Gasteiger partial charge on any atom is -0.380 e. The maximum Gasteiger partial charge on any atom is 0.101 e. The van der Waals surface area contributed by atoms with Crippen LogP contribution in [0, 0.1) is 17.8 Å². The van der Waals surface area contributed by atoms with Gasteiger partial charge in [-0.15, -0.1) is 0 Å². The van der Waals surface area contributed by atoms with E-state index in [4.69, 9.17) is 47.4 Å². The first kappa shape index (κ1) is 80.8. The first-order chi connectivity index (χ1) is 44.3. The van der Waals surface area contributed by atoms with Gasteiger partial charge in [0.1, 0.15) is 16.8 Å². The third-order valence-corrected chi connectivity index (χ3v) is 25.9. The van der Waals surface area contributed by atoms with Gasteiger partial charge in [0, 0.05) is 50.8 Å². The third kappa shape index (κ3) is 23.8. The van der Waals surface area contributed by atoms with E-state index in [1.807, 2.05) is 14.2 Å². The molecule has 0 radical (unpaired) electrons. The molecular formula is C79H142O10S3. The number of allylic oxidation sites excluding steroid dienone is 3. The summed E-state index contributed by atoms with van der Waals surface area (Å²) in [5.74, 6) is 4.56. The Labute approximate surface area is 580 Å². The van der Waals surface area contributed by atoms with E-state index in [0.29, 0.717) is 34.5 Å². The zero-order chi connectivity index (χ0) is 66.8. The fourth-order valence-electron chi connectivity index (χ4n) is 16.6. The van der Waals surface area contributed by atoms with E-state index in [0.717, 1.165) is 57.7 Å². The molecule has 0 N–H and O–H groups in total. The Bertz CT molecular complexity index is 2030. The lowest BCUT2D eigenvalue weighted by Gasteiger charge is -2.43. The molecule has 0 bridgehead atoms. The molecule has 0 unspecified atom stereocenters. The zero-order valence-electron chi connectivity index (χ0n) is 62.1. The Hall–Kier alpha value is -0.130. The van der Waals surface area contributed by atoms with Crippen LogP contribution in [0.2, 0.25) is 0 Å². The number of unbranched alkanes of at least 4 members (excludes halogenated alkanes) is 21. The van der Waals surface area contributed by atoms with Crippen molar-refractivity contribution in [2.75, 3.05) is 65.5 Å². The van der Waals surface area contributed by atoms with Gasteiger partial charge < -0.3 is 47.4 Å². The van der Waals surface area contributed by atoms with Crippen molar-refractivity contribution in [3.05, 3.63) is 34.9 Å². The molecule has 3 spiro atoms. The zero-order valence-corrected chi connectivity index (χ0v) is 64.6. The Morgan fingerprint density at radius 3 is 0.957 bits per heavy atom. The minimum atomic E-state index is -0.152. The third-order valence-electron chi connectivity index (χ3n) is 22.7. The summed E-state index contributed by atoms with van der Waals surface area (Å²) in [6.45, 7) is 29.2. The van der Waals surface area contributed by atoms with Gasteiger partial charge in [-0.05, 0) is 157 Å². The maximum atomic E-state index is 6.33. The molecule has 6 saturated heterocycles. The highest BCUT2D eigenvalue weighted by Gasteiger charge is 2.74. The van der Waals surface area contributed by atoms with Crippen molar-refractivity contribution in [1.29, 1.82) is 0 Å². The van der Waals surface area contributed by atoms with Crippen LogP contribution in [-0.2, 0) is 47.4 Å². The molecule has 6 heterocycles. The Morgan fingerprint density at radius 1 is 0.402 bits per heavy atom. The van der Waals surface area contributed by atoms with Crippen LogP contribution in [0.5, 0.6) is 0 Å². The van der Waals surface area contributed by atoms with E-state index >= 15 is 0 Å².